The lowest BCUT2D eigenvalue weighted by atomic mass is 9.93. The van der Waals surface area contributed by atoms with Gasteiger partial charge in [-0.2, -0.15) is 13.2 Å². The van der Waals surface area contributed by atoms with Gasteiger partial charge in [0.15, 0.2) is 11.6 Å². The molecule has 0 aliphatic heterocycles. The maximum atomic E-state index is 13.1. The average Bonchev–Trinajstić information content (AvgIpc) is 3.17. The van der Waals surface area contributed by atoms with E-state index in [1.165, 1.54) is 24.3 Å². The molecule has 210 valence electrons. The lowest BCUT2D eigenvalue weighted by molar-refractivity contribution is -0.136. The highest BCUT2D eigenvalue weighted by atomic mass is 35.5. The van der Waals surface area contributed by atoms with Crippen molar-refractivity contribution < 1.29 is 22.8 Å². The largest absolute Gasteiger partial charge is 0.390 e. The van der Waals surface area contributed by atoms with Crippen molar-refractivity contribution in [3.63, 3.8) is 0 Å². The molecule has 3 rings (SSSR count). The molecule has 1 atom stereocenters. The van der Waals surface area contributed by atoms with E-state index in [0.29, 0.717) is 22.7 Å². The third-order valence-electron chi connectivity index (χ3n) is 5.71. The smallest absolute Gasteiger partial charge is 0.338 e. The van der Waals surface area contributed by atoms with E-state index in [0.717, 1.165) is 9.25 Å². The average molecular weight is 607 g/mol. The molecule has 0 saturated heterocycles. The quantitative estimate of drug-likeness (QED) is 0.293. The van der Waals surface area contributed by atoms with Gasteiger partial charge in [0.25, 0.3) is 0 Å². The van der Waals surface area contributed by atoms with Gasteiger partial charge in [0.2, 0.25) is 0 Å². The molecule has 2 aromatic carbocycles. The number of carbonyl (C=O) groups is 2. The third-order valence-corrected chi connectivity index (χ3v) is 6.80. The van der Waals surface area contributed by atoms with Crippen LogP contribution < -0.4 is 16.3 Å². The molecular weight excluding hydrogens is 582 g/mol. The summed E-state index contributed by atoms with van der Waals surface area (Å²) in [6.07, 6.45) is -5.92. The standard InChI is InChI=1S/C25H25Cl3F3N5O3/c1-2-32-23(38)33-13-16(19-4-3-5-20(27)21(19)28)12-18(37)14-36-24(39)35(11-10-25(29,30)31)22(34-36)15-6-8-17(26)9-7-15/h3-9,16H,2,10-14H2,1H3,(H2,32,33,38). The molecule has 0 spiro atoms. The maximum absolute atomic E-state index is 13.1. The summed E-state index contributed by atoms with van der Waals surface area (Å²) in [5.41, 5.74) is 0.00848. The summed E-state index contributed by atoms with van der Waals surface area (Å²) in [5, 5.41) is 10.3. The lowest BCUT2D eigenvalue weighted by Gasteiger charge is -2.19. The van der Waals surface area contributed by atoms with Crippen molar-refractivity contribution in [1.29, 1.82) is 0 Å². The molecule has 0 fully saturated rings. The van der Waals surface area contributed by atoms with Crippen LogP contribution in [0.25, 0.3) is 11.4 Å². The molecule has 1 aromatic heterocycles. The van der Waals surface area contributed by atoms with E-state index in [2.05, 4.69) is 15.7 Å². The Balaban J connectivity index is 1.89. The normalized spacial score (nSPS) is 12.3. The van der Waals surface area contributed by atoms with Gasteiger partial charge in [-0.25, -0.2) is 14.3 Å². The van der Waals surface area contributed by atoms with Crippen molar-refractivity contribution in [3.8, 4) is 11.4 Å². The van der Waals surface area contributed by atoms with Gasteiger partial charge >= 0.3 is 17.9 Å². The molecule has 14 heteroatoms. The number of benzene rings is 2. The third kappa shape index (κ3) is 8.48. The Labute approximate surface area is 237 Å². The number of hydrogen-bond acceptors (Lipinski definition) is 4. The van der Waals surface area contributed by atoms with Crippen molar-refractivity contribution in [2.45, 2.75) is 44.9 Å². The van der Waals surface area contributed by atoms with E-state index in [1.807, 2.05) is 0 Å². The maximum Gasteiger partial charge on any atom is 0.390 e. The first-order valence-electron chi connectivity index (χ1n) is 11.9. The van der Waals surface area contributed by atoms with Crippen LogP contribution in [0.5, 0.6) is 0 Å². The minimum Gasteiger partial charge on any atom is -0.338 e. The van der Waals surface area contributed by atoms with E-state index >= 15 is 0 Å². The van der Waals surface area contributed by atoms with Gasteiger partial charge < -0.3 is 10.6 Å². The lowest BCUT2D eigenvalue weighted by Crippen LogP contribution is -2.38. The fourth-order valence-electron chi connectivity index (χ4n) is 3.87. The molecule has 0 aliphatic rings. The number of carbonyl (C=O) groups excluding carboxylic acids is 2. The van der Waals surface area contributed by atoms with Crippen LogP contribution in [-0.2, 0) is 17.9 Å². The summed E-state index contributed by atoms with van der Waals surface area (Å²) in [6, 6.07) is 10.5. The number of ketones is 1. The molecule has 0 radical (unpaired) electrons. The summed E-state index contributed by atoms with van der Waals surface area (Å²) in [7, 11) is 0. The molecular formula is C25H25Cl3F3N5O3. The number of rotatable bonds is 11. The van der Waals surface area contributed by atoms with Gasteiger partial charge in [0, 0.05) is 42.6 Å². The van der Waals surface area contributed by atoms with E-state index in [-0.39, 0.29) is 28.8 Å². The van der Waals surface area contributed by atoms with Crippen LogP contribution in [0.3, 0.4) is 0 Å². The number of nitrogens with zero attached hydrogens (tertiary/aromatic N) is 3. The topological polar surface area (TPSA) is 98.0 Å². The predicted octanol–water partition coefficient (Wildman–Crippen LogP) is 5.69. The number of nitrogens with one attached hydrogen (secondary N) is 2. The Morgan fingerprint density at radius 3 is 2.38 bits per heavy atom. The summed E-state index contributed by atoms with van der Waals surface area (Å²) < 4.78 is 40.6. The van der Waals surface area contributed by atoms with Crippen LogP contribution in [0, 0.1) is 0 Å². The first kappa shape index (κ1) is 30.5. The molecule has 39 heavy (non-hydrogen) atoms. The Hall–Kier alpha value is -3.02. The first-order chi connectivity index (χ1) is 18.4. The van der Waals surface area contributed by atoms with Crippen molar-refractivity contribution in [3.05, 3.63) is 73.6 Å². The Bertz CT molecular complexity index is 1370. The molecule has 2 N–H and O–H groups in total. The minimum atomic E-state index is -4.50. The summed E-state index contributed by atoms with van der Waals surface area (Å²) in [5.74, 6) is -1.09. The number of amides is 2. The molecule has 0 bridgehead atoms. The molecule has 8 nitrogen and oxygen atoms in total. The SMILES string of the molecule is CCNC(=O)NCC(CC(=O)Cn1nc(-c2ccc(Cl)cc2)n(CCC(F)(F)F)c1=O)c1cccc(Cl)c1Cl. The zero-order chi connectivity index (χ0) is 28.7. The second kappa shape index (κ2) is 13.4. The number of Topliss-reactive ketones (excluding diaryl/α,β-unsaturated/α-hetero) is 1. The second-order valence-electron chi connectivity index (χ2n) is 8.61. The Kier molecular flexibility index (Phi) is 10.5. The van der Waals surface area contributed by atoms with Gasteiger partial charge in [-0.05, 0) is 42.8 Å². The van der Waals surface area contributed by atoms with Gasteiger partial charge in [-0.1, -0.05) is 46.9 Å². The zero-order valence-corrected chi connectivity index (χ0v) is 23.0. The second-order valence-corrected chi connectivity index (χ2v) is 9.83. The van der Waals surface area contributed by atoms with E-state index in [9.17, 15) is 27.6 Å². The van der Waals surface area contributed by atoms with Crippen LogP contribution >= 0.6 is 34.8 Å². The monoisotopic (exact) mass is 605 g/mol. The highest BCUT2D eigenvalue weighted by molar-refractivity contribution is 6.42. The van der Waals surface area contributed by atoms with Gasteiger partial charge in [-0.3, -0.25) is 9.36 Å². The fraction of sp³-hybridized carbons (Fsp3) is 0.360. The van der Waals surface area contributed by atoms with Crippen LogP contribution in [0.1, 0.15) is 31.2 Å². The molecule has 1 unspecified atom stereocenters. The van der Waals surface area contributed by atoms with Crippen molar-refractivity contribution in [2.75, 3.05) is 13.1 Å². The van der Waals surface area contributed by atoms with E-state index in [4.69, 9.17) is 34.8 Å². The zero-order valence-electron chi connectivity index (χ0n) is 20.7. The number of halogens is 6. The fourth-order valence-corrected chi connectivity index (χ4v) is 4.46. The van der Waals surface area contributed by atoms with E-state index < -0.39 is 49.1 Å². The summed E-state index contributed by atoms with van der Waals surface area (Å²) >= 11 is 18.4. The molecule has 3 aromatic rings. The summed E-state index contributed by atoms with van der Waals surface area (Å²) in [6.45, 7) is 0.990. The van der Waals surface area contributed by atoms with Crippen molar-refractivity contribution in [1.82, 2.24) is 25.0 Å². The van der Waals surface area contributed by atoms with Crippen LogP contribution in [0.15, 0.2) is 47.3 Å². The molecule has 0 saturated carbocycles. The van der Waals surface area contributed by atoms with Crippen molar-refractivity contribution in [2.24, 2.45) is 0 Å². The number of aromatic nitrogens is 3. The van der Waals surface area contributed by atoms with Gasteiger partial charge in [-0.15, -0.1) is 5.10 Å². The van der Waals surface area contributed by atoms with Crippen LogP contribution in [0.2, 0.25) is 15.1 Å². The van der Waals surface area contributed by atoms with Gasteiger partial charge in [0.05, 0.1) is 16.5 Å². The highest BCUT2D eigenvalue weighted by Gasteiger charge is 2.29. The molecule has 2 amide bonds. The number of hydrogen-bond donors (Lipinski definition) is 2. The van der Waals surface area contributed by atoms with Gasteiger partial charge in [0.1, 0.15) is 6.54 Å². The number of urea groups is 1. The highest BCUT2D eigenvalue weighted by Crippen LogP contribution is 2.32. The first-order valence-corrected chi connectivity index (χ1v) is 13.0. The molecule has 0 aliphatic carbocycles. The Morgan fingerprint density at radius 2 is 1.74 bits per heavy atom. The van der Waals surface area contributed by atoms with E-state index in [1.54, 1.807) is 25.1 Å². The van der Waals surface area contributed by atoms with Crippen molar-refractivity contribution >= 4 is 46.6 Å². The van der Waals surface area contributed by atoms with Crippen LogP contribution in [-0.4, -0.2) is 45.4 Å². The van der Waals surface area contributed by atoms with Crippen LogP contribution in [0.4, 0.5) is 18.0 Å². The predicted molar refractivity (Wildman–Crippen MR) is 144 cm³/mol. The Morgan fingerprint density at radius 1 is 1.05 bits per heavy atom. The molecule has 1 heterocycles. The summed E-state index contributed by atoms with van der Waals surface area (Å²) in [4.78, 5) is 38.1. The minimum absolute atomic E-state index is 0.0268. The number of alkyl halides is 3.